The summed E-state index contributed by atoms with van der Waals surface area (Å²) >= 11 is 0. The van der Waals surface area contributed by atoms with Gasteiger partial charge in [-0.05, 0) is 19.8 Å². The van der Waals surface area contributed by atoms with Gasteiger partial charge in [0, 0.05) is 26.4 Å². The summed E-state index contributed by atoms with van der Waals surface area (Å²) in [5.41, 5.74) is 5.65. The lowest BCUT2D eigenvalue weighted by Crippen LogP contribution is -2.40. The number of hydrogen-bond donors (Lipinski definition) is 1. The van der Waals surface area contributed by atoms with Crippen LogP contribution < -0.4 is 5.73 Å². The third-order valence-electron chi connectivity index (χ3n) is 3.20. The summed E-state index contributed by atoms with van der Waals surface area (Å²) < 4.78 is 15.9. The van der Waals surface area contributed by atoms with Gasteiger partial charge in [0.2, 0.25) is 5.89 Å². The Morgan fingerprint density at radius 3 is 2.82 bits per heavy atom. The van der Waals surface area contributed by atoms with E-state index in [4.69, 9.17) is 19.7 Å². The van der Waals surface area contributed by atoms with E-state index < -0.39 is 0 Å². The largest absolute Gasteiger partial charge is 0.381 e. The predicted octanol–water partition coefficient (Wildman–Crippen LogP) is 0.613. The van der Waals surface area contributed by atoms with Crippen molar-refractivity contribution in [2.45, 2.75) is 31.8 Å². The van der Waals surface area contributed by atoms with E-state index in [1.54, 1.807) is 0 Å². The molecule has 6 heteroatoms. The SMILES string of the molecule is CCOCc1noc(C2(CN)CCOCC2)n1. The van der Waals surface area contributed by atoms with E-state index in [1.165, 1.54) is 0 Å². The van der Waals surface area contributed by atoms with Gasteiger partial charge >= 0.3 is 0 Å². The van der Waals surface area contributed by atoms with Crippen LogP contribution >= 0.6 is 0 Å². The minimum Gasteiger partial charge on any atom is -0.381 e. The van der Waals surface area contributed by atoms with Gasteiger partial charge in [0.15, 0.2) is 5.82 Å². The molecular formula is C11H19N3O3. The zero-order valence-corrected chi connectivity index (χ0v) is 10.1. The van der Waals surface area contributed by atoms with Crippen LogP contribution in [0.5, 0.6) is 0 Å². The Morgan fingerprint density at radius 2 is 2.18 bits per heavy atom. The zero-order valence-electron chi connectivity index (χ0n) is 10.1. The van der Waals surface area contributed by atoms with Crippen LogP contribution in [0.3, 0.4) is 0 Å². The van der Waals surface area contributed by atoms with Crippen LogP contribution in [0.15, 0.2) is 4.52 Å². The molecule has 1 aliphatic heterocycles. The van der Waals surface area contributed by atoms with Crippen molar-refractivity contribution in [2.75, 3.05) is 26.4 Å². The van der Waals surface area contributed by atoms with Crippen molar-refractivity contribution in [3.63, 3.8) is 0 Å². The molecule has 0 atom stereocenters. The topological polar surface area (TPSA) is 83.4 Å². The molecule has 1 aliphatic rings. The molecule has 17 heavy (non-hydrogen) atoms. The molecule has 0 amide bonds. The lowest BCUT2D eigenvalue weighted by molar-refractivity contribution is 0.0408. The van der Waals surface area contributed by atoms with Crippen LogP contribution in [-0.2, 0) is 21.5 Å². The first-order chi connectivity index (χ1) is 8.30. The average Bonchev–Trinajstić information content (AvgIpc) is 2.86. The Labute approximate surface area is 100 Å². The molecule has 1 fully saturated rings. The molecule has 0 aliphatic carbocycles. The Hall–Kier alpha value is -0.980. The summed E-state index contributed by atoms with van der Waals surface area (Å²) in [5.74, 6) is 1.21. The molecule has 2 rings (SSSR count). The molecule has 96 valence electrons. The lowest BCUT2D eigenvalue weighted by atomic mass is 9.80. The lowest BCUT2D eigenvalue weighted by Gasteiger charge is -2.32. The first-order valence-electron chi connectivity index (χ1n) is 5.99. The Balaban J connectivity index is 2.10. The standard InChI is InChI=1S/C11H19N3O3/c1-2-15-7-9-13-10(17-14-9)11(8-12)3-5-16-6-4-11/h2-8,12H2,1H3. The second-order valence-electron chi connectivity index (χ2n) is 4.25. The summed E-state index contributed by atoms with van der Waals surface area (Å²) in [4.78, 5) is 4.38. The first kappa shape index (κ1) is 12.5. The van der Waals surface area contributed by atoms with E-state index in [0.717, 1.165) is 12.8 Å². The maximum atomic E-state index is 5.87. The van der Waals surface area contributed by atoms with Gasteiger partial charge in [0.1, 0.15) is 6.61 Å². The van der Waals surface area contributed by atoms with Crippen LogP contribution in [-0.4, -0.2) is 36.5 Å². The number of hydrogen-bond acceptors (Lipinski definition) is 6. The van der Waals surface area contributed by atoms with Crippen molar-refractivity contribution in [1.29, 1.82) is 0 Å². The number of rotatable bonds is 5. The van der Waals surface area contributed by atoms with Gasteiger partial charge in [-0.15, -0.1) is 0 Å². The van der Waals surface area contributed by atoms with E-state index in [2.05, 4.69) is 10.1 Å². The molecule has 0 aromatic carbocycles. The quantitative estimate of drug-likeness (QED) is 0.813. The van der Waals surface area contributed by atoms with Crippen molar-refractivity contribution in [3.8, 4) is 0 Å². The second kappa shape index (κ2) is 5.57. The highest BCUT2D eigenvalue weighted by atomic mass is 16.5. The molecule has 6 nitrogen and oxygen atoms in total. The van der Waals surface area contributed by atoms with E-state index >= 15 is 0 Å². The fourth-order valence-corrected chi connectivity index (χ4v) is 1.99. The Kier molecular flexibility index (Phi) is 4.09. The summed E-state index contributed by atoms with van der Waals surface area (Å²) in [6.45, 7) is 4.85. The van der Waals surface area contributed by atoms with Crippen molar-refractivity contribution in [3.05, 3.63) is 11.7 Å². The van der Waals surface area contributed by atoms with Crippen LogP contribution in [0.25, 0.3) is 0 Å². The van der Waals surface area contributed by atoms with Gasteiger partial charge in [-0.25, -0.2) is 0 Å². The smallest absolute Gasteiger partial charge is 0.234 e. The Morgan fingerprint density at radius 1 is 1.41 bits per heavy atom. The van der Waals surface area contributed by atoms with E-state index in [-0.39, 0.29) is 5.41 Å². The highest BCUT2D eigenvalue weighted by Crippen LogP contribution is 2.32. The summed E-state index contributed by atoms with van der Waals surface area (Å²) in [6, 6.07) is 0. The predicted molar refractivity (Wildman–Crippen MR) is 60.4 cm³/mol. The summed E-state index contributed by atoms with van der Waals surface area (Å²) in [6.07, 6.45) is 1.67. The van der Waals surface area contributed by atoms with E-state index in [1.807, 2.05) is 6.92 Å². The zero-order chi connectivity index (χ0) is 12.1. The molecule has 1 aromatic heterocycles. The third kappa shape index (κ3) is 2.65. The van der Waals surface area contributed by atoms with Crippen molar-refractivity contribution >= 4 is 0 Å². The average molecular weight is 241 g/mol. The first-order valence-corrected chi connectivity index (χ1v) is 5.99. The van der Waals surface area contributed by atoms with E-state index in [9.17, 15) is 0 Å². The van der Waals surface area contributed by atoms with Gasteiger partial charge < -0.3 is 19.7 Å². The van der Waals surface area contributed by atoms with Crippen molar-refractivity contribution < 1.29 is 14.0 Å². The van der Waals surface area contributed by atoms with Crippen molar-refractivity contribution in [2.24, 2.45) is 5.73 Å². The number of nitrogens with zero attached hydrogens (tertiary/aromatic N) is 2. The van der Waals surface area contributed by atoms with Crippen LogP contribution in [0.2, 0.25) is 0 Å². The maximum Gasteiger partial charge on any atom is 0.234 e. The molecule has 0 bridgehead atoms. The molecule has 2 heterocycles. The molecule has 1 aromatic rings. The molecule has 2 N–H and O–H groups in total. The van der Waals surface area contributed by atoms with Gasteiger partial charge in [-0.2, -0.15) is 4.98 Å². The molecule has 0 spiro atoms. The number of nitrogens with two attached hydrogens (primary N) is 1. The molecular weight excluding hydrogens is 222 g/mol. The highest BCUT2D eigenvalue weighted by Gasteiger charge is 2.38. The van der Waals surface area contributed by atoms with E-state index in [0.29, 0.717) is 44.7 Å². The second-order valence-corrected chi connectivity index (χ2v) is 4.25. The van der Waals surface area contributed by atoms with Gasteiger partial charge in [-0.1, -0.05) is 5.16 Å². The molecule has 1 saturated heterocycles. The fourth-order valence-electron chi connectivity index (χ4n) is 1.99. The fraction of sp³-hybridized carbons (Fsp3) is 0.818. The van der Waals surface area contributed by atoms with Crippen LogP contribution in [0.4, 0.5) is 0 Å². The number of ether oxygens (including phenoxy) is 2. The molecule has 0 radical (unpaired) electrons. The van der Waals surface area contributed by atoms with Gasteiger partial charge in [0.25, 0.3) is 0 Å². The summed E-state index contributed by atoms with van der Waals surface area (Å²) in [7, 11) is 0. The highest BCUT2D eigenvalue weighted by molar-refractivity contribution is 5.07. The van der Waals surface area contributed by atoms with Crippen molar-refractivity contribution in [1.82, 2.24) is 10.1 Å². The summed E-state index contributed by atoms with van der Waals surface area (Å²) in [5, 5.41) is 3.91. The van der Waals surface area contributed by atoms with Gasteiger partial charge in [-0.3, -0.25) is 0 Å². The van der Waals surface area contributed by atoms with Crippen LogP contribution in [0, 0.1) is 0 Å². The minimum atomic E-state index is -0.213. The normalized spacial score (nSPS) is 19.4. The monoisotopic (exact) mass is 241 g/mol. The maximum absolute atomic E-state index is 5.87. The molecule has 0 unspecified atom stereocenters. The number of aromatic nitrogens is 2. The third-order valence-corrected chi connectivity index (χ3v) is 3.20. The minimum absolute atomic E-state index is 0.213. The Bertz CT molecular complexity index is 347. The molecule has 0 saturated carbocycles. The van der Waals surface area contributed by atoms with Gasteiger partial charge in [0.05, 0.1) is 5.41 Å². The van der Waals surface area contributed by atoms with Crippen LogP contribution in [0.1, 0.15) is 31.5 Å².